The van der Waals surface area contributed by atoms with E-state index in [-0.39, 0.29) is 5.92 Å². The van der Waals surface area contributed by atoms with Crippen molar-refractivity contribution in [3.05, 3.63) is 35.9 Å². The normalized spacial score (nSPS) is 24.9. The minimum absolute atomic E-state index is 0.0400. The molecule has 0 bridgehead atoms. The summed E-state index contributed by atoms with van der Waals surface area (Å²) >= 11 is 0. The Bertz CT molecular complexity index is 415. The summed E-state index contributed by atoms with van der Waals surface area (Å²) in [6.07, 6.45) is 4.53. The average molecular weight is 257 g/mol. The van der Waals surface area contributed by atoms with Crippen LogP contribution in [-0.2, 0) is 0 Å². The van der Waals surface area contributed by atoms with Gasteiger partial charge in [0.05, 0.1) is 12.0 Å². The third-order valence-corrected chi connectivity index (χ3v) is 4.19. The van der Waals surface area contributed by atoms with Gasteiger partial charge in [0.15, 0.2) is 0 Å². The van der Waals surface area contributed by atoms with Gasteiger partial charge in [0.2, 0.25) is 0 Å². The van der Waals surface area contributed by atoms with Crippen LogP contribution in [0.15, 0.2) is 30.3 Å². The number of hydrogen-bond donors (Lipinski definition) is 1. The molecular formula is C16H23N3. The van der Waals surface area contributed by atoms with Crippen molar-refractivity contribution in [2.75, 3.05) is 13.6 Å². The van der Waals surface area contributed by atoms with Crippen LogP contribution >= 0.6 is 0 Å². The zero-order chi connectivity index (χ0) is 13.7. The Hall–Kier alpha value is -1.37. The molecule has 102 valence electrons. The van der Waals surface area contributed by atoms with Crippen molar-refractivity contribution in [3.8, 4) is 6.07 Å². The van der Waals surface area contributed by atoms with E-state index in [0.717, 1.165) is 37.8 Å². The molecular weight excluding hydrogens is 234 g/mol. The highest BCUT2D eigenvalue weighted by molar-refractivity contribution is 5.25. The number of nitrogens with two attached hydrogens (primary N) is 1. The SMILES string of the molecule is CN(CC(C#N)c1ccccc1)C1CCC(N)CC1. The molecule has 1 fully saturated rings. The molecule has 0 radical (unpaired) electrons. The van der Waals surface area contributed by atoms with Crippen LogP contribution in [0.4, 0.5) is 0 Å². The zero-order valence-electron chi connectivity index (χ0n) is 11.6. The molecule has 1 aromatic rings. The van der Waals surface area contributed by atoms with E-state index in [9.17, 15) is 5.26 Å². The van der Waals surface area contributed by atoms with E-state index in [1.54, 1.807) is 0 Å². The van der Waals surface area contributed by atoms with Crippen molar-refractivity contribution in [1.82, 2.24) is 4.90 Å². The van der Waals surface area contributed by atoms with E-state index in [2.05, 4.69) is 18.0 Å². The summed E-state index contributed by atoms with van der Waals surface area (Å²) in [5, 5.41) is 9.37. The van der Waals surface area contributed by atoms with Crippen molar-refractivity contribution < 1.29 is 0 Å². The van der Waals surface area contributed by atoms with Crippen molar-refractivity contribution in [1.29, 1.82) is 5.26 Å². The van der Waals surface area contributed by atoms with E-state index < -0.39 is 0 Å². The maximum Gasteiger partial charge on any atom is 0.0839 e. The summed E-state index contributed by atoms with van der Waals surface area (Å²) in [4.78, 5) is 2.34. The van der Waals surface area contributed by atoms with Crippen LogP contribution in [0.3, 0.4) is 0 Å². The van der Waals surface area contributed by atoms with Crippen molar-refractivity contribution in [2.24, 2.45) is 5.73 Å². The van der Waals surface area contributed by atoms with Crippen LogP contribution in [0, 0.1) is 11.3 Å². The Morgan fingerprint density at radius 2 is 1.89 bits per heavy atom. The van der Waals surface area contributed by atoms with Crippen LogP contribution in [0.2, 0.25) is 0 Å². The van der Waals surface area contributed by atoms with E-state index in [4.69, 9.17) is 5.73 Å². The molecule has 0 spiro atoms. The second-order valence-corrected chi connectivity index (χ2v) is 5.60. The van der Waals surface area contributed by atoms with E-state index in [1.807, 2.05) is 30.3 Å². The minimum atomic E-state index is -0.0400. The lowest BCUT2D eigenvalue weighted by molar-refractivity contribution is 0.180. The van der Waals surface area contributed by atoms with Crippen molar-refractivity contribution in [2.45, 2.75) is 43.7 Å². The van der Waals surface area contributed by atoms with Crippen molar-refractivity contribution >= 4 is 0 Å². The van der Waals surface area contributed by atoms with Gasteiger partial charge in [0.25, 0.3) is 0 Å². The Balaban J connectivity index is 1.94. The molecule has 0 heterocycles. The molecule has 1 aliphatic carbocycles. The quantitative estimate of drug-likeness (QED) is 0.901. The van der Waals surface area contributed by atoms with Gasteiger partial charge in [-0.15, -0.1) is 0 Å². The summed E-state index contributed by atoms with van der Waals surface area (Å²) in [6.45, 7) is 0.806. The van der Waals surface area contributed by atoms with E-state index in [1.165, 1.54) is 0 Å². The highest BCUT2D eigenvalue weighted by Crippen LogP contribution is 2.24. The third kappa shape index (κ3) is 3.79. The van der Waals surface area contributed by atoms with Crippen LogP contribution in [-0.4, -0.2) is 30.6 Å². The smallest absolute Gasteiger partial charge is 0.0839 e. The molecule has 2 N–H and O–H groups in total. The van der Waals surface area contributed by atoms with E-state index >= 15 is 0 Å². The standard InChI is InChI=1S/C16H23N3/c1-19(16-9-7-15(18)8-10-16)12-14(11-17)13-5-3-2-4-6-13/h2-6,14-16H,7-10,12,18H2,1H3. The monoisotopic (exact) mass is 257 g/mol. The van der Waals surface area contributed by atoms with Crippen LogP contribution < -0.4 is 5.73 Å². The molecule has 1 unspecified atom stereocenters. The van der Waals surface area contributed by atoms with Gasteiger partial charge in [-0.25, -0.2) is 0 Å². The fraction of sp³-hybridized carbons (Fsp3) is 0.562. The topological polar surface area (TPSA) is 53.0 Å². The van der Waals surface area contributed by atoms with Gasteiger partial charge in [-0.05, 0) is 38.3 Å². The first kappa shape index (κ1) is 14.0. The molecule has 0 aromatic heterocycles. The van der Waals surface area contributed by atoms with Crippen LogP contribution in [0.25, 0.3) is 0 Å². The molecule has 3 heteroatoms. The number of rotatable bonds is 4. The lowest BCUT2D eigenvalue weighted by Crippen LogP contribution is -2.40. The first-order valence-electron chi connectivity index (χ1n) is 7.11. The number of nitriles is 1. The molecule has 0 aliphatic heterocycles. The van der Waals surface area contributed by atoms with Gasteiger partial charge >= 0.3 is 0 Å². The predicted molar refractivity (Wildman–Crippen MR) is 77.7 cm³/mol. The molecule has 19 heavy (non-hydrogen) atoms. The van der Waals surface area contributed by atoms with Gasteiger partial charge in [-0.2, -0.15) is 5.26 Å². The molecule has 0 saturated heterocycles. The third-order valence-electron chi connectivity index (χ3n) is 4.19. The van der Waals surface area contributed by atoms with Gasteiger partial charge in [0.1, 0.15) is 0 Å². The predicted octanol–water partition coefficient (Wildman–Crippen LogP) is 2.50. The van der Waals surface area contributed by atoms with Crippen LogP contribution in [0.1, 0.15) is 37.2 Å². The van der Waals surface area contributed by atoms with Gasteiger partial charge < -0.3 is 10.6 Å². The highest BCUT2D eigenvalue weighted by atomic mass is 15.1. The summed E-state index contributed by atoms with van der Waals surface area (Å²) in [6, 6.07) is 13.5. The fourth-order valence-electron chi connectivity index (χ4n) is 2.89. The second-order valence-electron chi connectivity index (χ2n) is 5.60. The van der Waals surface area contributed by atoms with Gasteiger partial charge in [-0.1, -0.05) is 30.3 Å². The fourth-order valence-corrected chi connectivity index (χ4v) is 2.89. The maximum absolute atomic E-state index is 9.37. The Labute approximate surface area is 116 Å². The molecule has 1 aromatic carbocycles. The number of hydrogen-bond acceptors (Lipinski definition) is 3. The molecule has 3 nitrogen and oxygen atoms in total. The van der Waals surface area contributed by atoms with Crippen LogP contribution in [0.5, 0.6) is 0 Å². The van der Waals surface area contributed by atoms with Crippen molar-refractivity contribution in [3.63, 3.8) is 0 Å². The first-order chi connectivity index (χ1) is 9.20. The van der Waals surface area contributed by atoms with Gasteiger partial charge in [-0.3, -0.25) is 0 Å². The van der Waals surface area contributed by atoms with Gasteiger partial charge in [0, 0.05) is 18.6 Å². The molecule has 1 saturated carbocycles. The Kier molecular flexibility index (Phi) is 4.95. The Morgan fingerprint density at radius 3 is 2.47 bits per heavy atom. The average Bonchev–Trinajstić information content (AvgIpc) is 2.46. The lowest BCUT2D eigenvalue weighted by atomic mass is 9.90. The number of nitrogens with zero attached hydrogens (tertiary/aromatic N) is 2. The molecule has 0 amide bonds. The number of benzene rings is 1. The minimum Gasteiger partial charge on any atom is -0.328 e. The lowest BCUT2D eigenvalue weighted by Gasteiger charge is -2.34. The summed E-state index contributed by atoms with van der Waals surface area (Å²) in [7, 11) is 2.13. The highest BCUT2D eigenvalue weighted by Gasteiger charge is 2.24. The molecule has 1 atom stereocenters. The summed E-state index contributed by atoms with van der Waals surface area (Å²) < 4.78 is 0. The maximum atomic E-state index is 9.37. The second kappa shape index (κ2) is 6.70. The zero-order valence-corrected chi connectivity index (χ0v) is 11.6. The first-order valence-corrected chi connectivity index (χ1v) is 7.11. The molecule has 1 aliphatic rings. The largest absolute Gasteiger partial charge is 0.328 e. The Morgan fingerprint density at radius 1 is 1.26 bits per heavy atom. The summed E-state index contributed by atoms with van der Waals surface area (Å²) in [5.74, 6) is -0.0400. The summed E-state index contributed by atoms with van der Waals surface area (Å²) in [5.41, 5.74) is 7.06. The molecule has 2 rings (SSSR count). The van der Waals surface area contributed by atoms with E-state index in [0.29, 0.717) is 12.1 Å². The number of likely N-dealkylation sites (N-methyl/N-ethyl adjacent to an activating group) is 1.